The smallest absolute Gasteiger partial charge is 0.344 e. The molecule has 4 aliphatic heterocycles. The monoisotopic (exact) mass is 1200 g/mol. The highest BCUT2D eigenvalue weighted by molar-refractivity contribution is 7.86. The highest BCUT2D eigenvalue weighted by Crippen LogP contribution is 2.68. The van der Waals surface area contributed by atoms with Gasteiger partial charge in [-0.2, -0.15) is 8.42 Å². The number of methoxy groups -OCH3 is 3. The van der Waals surface area contributed by atoms with Crippen LogP contribution in [0.25, 0.3) is 10.9 Å². The fourth-order valence-electron chi connectivity index (χ4n) is 16.0. The number of nitrogens with one attached hydrogen (secondary N) is 1. The molecule has 0 unspecified atom stereocenters. The van der Waals surface area contributed by atoms with E-state index in [9.17, 15) is 23.1 Å². The predicted molar refractivity (Wildman–Crippen MR) is 331 cm³/mol. The normalized spacial score (nSPS) is 28.1. The molecule has 5 heterocycles. The number of para-hydroxylation sites is 1. The van der Waals surface area contributed by atoms with Crippen molar-refractivity contribution in [2.75, 3.05) is 66.1 Å². The second-order valence-electron chi connectivity index (χ2n) is 26.7. The summed E-state index contributed by atoms with van der Waals surface area (Å²) in [5, 5.41) is 14.4. The summed E-state index contributed by atoms with van der Waals surface area (Å²) in [7, 11) is -0.945. The number of fused-ring (bicyclic) bond motifs is 4. The number of H-pyrrole nitrogens is 1. The number of benzene rings is 4. The van der Waals surface area contributed by atoms with Crippen LogP contribution in [0.5, 0.6) is 5.75 Å². The number of hydrogen-bond acceptors (Lipinski definition) is 15. The molecule has 1 spiro atoms. The Kier molecular flexibility index (Phi) is 16.6. The maximum atomic E-state index is 16.5. The number of likely N-dealkylation sites (N-methyl/N-ethyl adjacent to an activating group) is 1. The Morgan fingerprint density at radius 2 is 1.58 bits per heavy atom. The molecule has 1 saturated carbocycles. The van der Waals surface area contributed by atoms with Crippen LogP contribution < -0.4 is 9.64 Å². The van der Waals surface area contributed by atoms with Gasteiger partial charge in [-0.3, -0.25) is 23.6 Å². The molecule has 0 radical (unpaired) electrons. The van der Waals surface area contributed by atoms with Crippen LogP contribution in [0.2, 0.25) is 18.1 Å². The molecule has 2 fully saturated rings. The maximum absolute atomic E-state index is 16.5. The van der Waals surface area contributed by atoms with Gasteiger partial charge < -0.3 is 38.4 Å². The molecule has 5 aromatic rings. The lowest BCUT2D eigenvalue weighted by atomic mass is 9.47. The van der Waals surface area contributed by atoms with E-state index in [1.165, 1.54) is 21.1 Å². The number of hydrogen-bond donors (Lipinski definition) is 2. The molecule has 4 aromatic carbocycles. The van der Waals surface area contributed by atoms with Crippen LogP contribution in [0, 0.1) is 18.3 Å². The van der Waals surface area contributed by atoms with Crippen molar-refractivity contribution in [3.05, 3.63) is 137 Å². The lowest BCUT2D eigenvalue weighted by molar-refractivity contribution is -0.228. The first-order chi connectivity index (χ1) is 40.1. The fourth-order valence-corrected chi connectivity index (χ4v) is 18.7. The maximum Gasteiger partial charge on any atom is 0.344 e. The summed E-state index contributed by atoms with van der Waals surface area (Å²) < 4.78 is 67.3. The van der Waals surface area contributed by atoms with Crippen LogP contribution >= 0.6 is 0 Å². The quantitative estimate of drug-likeness (QED) is 0.0312. The van der Waals surface area contributed by atoms with Gasteiger partial charge in [0.15, 0.2) is 14.4 Å². The van der Waals surface area contributed by atoms with E-state index in [-0.39, 0.29) is 35.4 Å². The van der Waals surface area contributed by atoms with E-state index in [1.807, 2.05) is 75.2 Å². The Labute approximate surface area is 503 Å². The molecule has 18 heteroatoms. The second-order valence-corrected chi connectivity index (χ2v) is 33.0. The number of ether oxygens (including phenoxy) is 4. The van der Waals surface area contributed by atoms with Gasteiger partial charge >= 0.3 is 17.9 Å². The summed E-state index contributed by atoms with van der Waals surface area (Å²) in [6, 6.07) is 27.6. The molecule has 1 aromatic heterocycles. The number of aromatic nitrogens is 1. The Balaban J connectivity index is 1.25. The molecule has 0 bridgehead atoms. The fraction of sp³-hybridized carbons (Fsp3) is 0.537. The van der Waals surface area contributed by atoms with E-state index in [1.54, 1.807) is 31.4 Å². The number of carbonyl (C=O) groups is 3. The molecule has 10 rings (SSSR count). The molecule has 16 nitrogen and oxygen atoms in total. The molecule has 10 atom stereocenters. The SMILES string of the molecule is CC[C@]12C=CCN3CC[C@@]4(c5cc([C@]6(C(=O)OC)C[C@@H](C[C@@](C)(COS(=O)(=O)c7ccc(C)cc7)O[Si](C)(C)C(C)(C)C)CN([C@@H](C)c7ccccc7)CCCc7c6[nH]c6ccccc76)c(OC)cc5N(C)[C@H]4[C@@](O)(C(=O)OC)[C@@H]1OC(C)=O)[C@@H]32. The Morgan fingerprint density at radius 1 is 0.894 bits per heavy atom. The van der Waals surface area contributed by atoms with Crippen molar-refractivity contribution in [2.24, 2.45) is 11.3 Å². The van der Waals surface area contributed by atoms with Crippen LogP contribution in [0.15, 0.2) is 108 Å². The van der Waals surface area contributed by atoms with E-state index in [4.69, 9.17) is 27.6 Å². The number of aryl methyl sites for hydroxylation is 2. The van der Waals surface area contributed by atoms with Gasteiger partial charge in [-0.1, -0.05) is 106 Å². The highest BCUT2D eigenvalue weighted by Gasteiger charge is 2.80. The Bertz CT molecular complexity index is 3490. The van der Waals surface area contributed by atoms with E-state index >= 15 is 4.79 Å². The van der Waals surface area contributed by atoms with E-state index in [0.29, 0.717) is 74.6 Å². The van der Waals surface area contributed by atoms with Crippen molar-refractivity contribution in [3.63, 3.8) is 0 Å². The summed E-state index contributed by atoms with van der Waals surface area (Å²) in [5.74, 6) is -2.21. The number of rotatable bonds is 16. The lowest BCUT2D eigenvalue weighted by Crippen LogP contribution is -2.81. The van der Waals surface area contributed by atoms with Gasteiger partial charge in [-0.25, -0.2) is 4.79 Å². The van der Waals surface area contributed by atoms with Crippen molar-refractivity contribution >= 4 is 52.9 Å². The summed E-state index contributed by atoms with van der Waals surface area (Å²) in [4.78, 5) is 55.4. The third-order valence-corrected chi connectivity index (χ3v) is 26.5. The zero-order chi connectivity index (χ0) is 61.5. The molecule has 1 saturated heterocycles. The van der Waals surface area contributed by atoms with Gasteiger partial charge in [0.2, 0.25) is 5.60 Å². The number of esters is 3. The van der Waals surface area contributed by atoms with Crippen LogP contribution in [0.4, 0.5) is 5.69 Å². The van der Waals surface area contributed by atoms with Crippen molar-refractivity contribution in [2.45, 2.75) is 163 Å². The van der Waals surface area contributed by atoms with Crippen molar-refractivity contribution in [1.82, 2.24) is 14.8 Å². The number of nitrogens with zero attached hydrogens (tertiary/aromatic N) is 3. The number of aliphatic hydroxyl groups is 1. The Hall–Kier alpha value is -5.86. The van der Waals surface area contributed by atoms with E-state index in [2.05, 4.69) is 92.0 Å². The standard InChI is InChI=1S/C67H88N4O12SSi/c1-15-64-32-22-35-70-36-33-65(57(64)70)51-37-52(55(78-10)38-54(51)69(9)58(65)67(75,61(74)80-12)59(64)82-45(4)72)66(60(73)79-11)40-46(39-63(8,83-85(13,14)62(5,6)7)42-81-84(76,77)48-30-28-43(2)29-31-48)41-71(44(3)47-23-17-16-18-24-47)34-21-26-50-49-25-19-20-27-53(49)68-56(50)66/h16-20,22-25,27-32,37-38,44,46,57-59,68,75H,15,21,26,33-36,39-42H2,1-14H3/t44-,46+,57-,58+,59+,63-,64+,65+,66+,67-/m0/s1. The molecule has 85 heavy (non-hydrogen) atoms. The third-order valence-electron chi connectivity index (χ3n) is 20.6. The number of aromatic amines is 1. The van der Waals surface area contributed by atoms with Gasteiger partial charge in [0.25, 0.3) is 10.1 Å². The molecule has 458 valence electrons. The third kappa shape index (κ3) is 10.2. The topological polar surface area (TPSA) is 186 Å². The highest BCUT2D eigenvalue weighted by atomic mass is 32.2. The largest absolute Gasteiger partial charge is 0.496 e. The van der Waals surface area contributed by atoms with Gasteiger partial charge in [0.05, 0.1) is 44.5 Å². The average molecular weight is 1200 g/mol. The predicted octanol–water partition coefficient (Wildman–Crippen LogP) is 10.5. The number of carbonyl (C=O) groups excluding carboxylic acids is 3. The lowest BCUT2D eigenvalue weighted by Gasteiger charge is -2.63. The number of anilines is 1. The van der Waals surface area contributed by atoms with Crippen LogP contribution in [0.3, 0.4) is 0 Å². The molecule has 5 aliphatic rings. The van der Waals surface area contributed by atoms with Crippen LogP contribution in [0.1, 0.15) is 120 Å². The first kappa shape index (κ1) is 62.2. The molecule has 0 amide bonds. The van der Waals surface area contributed by atoms with E-state index in [0.717, 1.165) is 33.2 Å². The summed E-state index contributed by atoms with van der Waals surface area (Å²) in [5.41, 5.74) is -1.02. The van der Waals surface area contributed by atoms with Crippen molar-refractivity contribution in [3.8, 4) is 5.75 Å². The zero-order valence-corrected chi connectivity index (χ0v) is 54.0. The average Bonchev–Trinajstić information content (AvgIpc) is 1.53. The first-order valence-corrected chi connectivity index (χ1v) is 34.4. The minimum Gasteiger partial charge on any atom is -0.496 e. The van der Waals surface area contributed by atoms with E-state index < -0.39 is 87.9 Å². The minimum atomic E-state index is -4.29. The summed E-state index contributed by atoms with van der Waals surface area (Å²) in [6.07, 6.45) is 5.28. The van der Waals surface area contributed by atoms with Crippen LogP contribution in [-0.2, 0) is 64.6 Å². The van der Waals surface area contributed by atoms with Gasteiger partial charge in [-0.05, 0) is 137 Å². The van der Waals surface area contributed by atoms with Gasteiger partial charge in [0, 0.05) is 83.9 Å². The van der Waals surface area contributed by atoms with Gasteiger partial charge in [0.1, 0.15) is 11.2 Å². The molecular weight excluding hydrogens is 1110 g/mol. The molecule has 1 aliphatic carbocycles. The van der Waals surface area contributed by atoms with Crippen molar-refractivity contribution in [1.29, 1.82) is 0 Å². The summed E-state index contributed by atoms with van der Waals surface area (Å²) >= 11 is 0. The minimum absolute atomic E-state index is 0.0390. The zero-order valence-electron chi connectivity index (χ0n) is 52.2. The van der Waals surface area contributed by atoms with Crippen molar-refractivity contribution < 1.29 is 55.5 Å². The second kappa shape index (κ2) is 22.7. The van der Waals surface area contributed by atoms with Gasteiger partial charge in [-0.15, -0.1) is 0 Å². The first-order valence-electron chi connectivity index (χ1n) is 30.1. The summed E-state index contributed by atoms with van der Waals surface area (Å²) in [6.45, 7) is 22.2. The molecule has 2 N–H and O–H groups in total. The van der Waals surface area contributed by atoms with Crippen LogP contribution in [-0.4, -0.2) is 145 Å². The molecular formula is C67H88N4O12SSi. The Morgan fingerprint density at radius 3 is 2.22 bits per heavy atom.